The second-order valence-electron chi connectivity index (χ2n) is 5.70. The molecule has 0 spiro atoms. The van der Waals surface area contributed by atoms with Gasteiger partial charge < -0.3 is 5.32 Å². The van der Waals surface area contributed by atoms with Crippen LogP contribution in [-0.4, -0.2) is 30.1 Å². The van der Waals surface area contributed by atoms with Gasteiger partial charge >= 0.3 is 0 Å². The van der Waals surface area contributed by atoms with Crippen molar-refractivity contribution in [1.29, 1.82) is 0 Å². The highest BCUT2D eigenvalue weighted by Gasteiger charge is 2.34. The standard InChI is InChI=1S/C14H21BrN2S/c1-10-4-5-16-14(11-2-3-11)8-17(10)7-13-6-12(15)9-18-13/h6,9-11,14,16H,2-5,7-8H2,1H3. The maximum atomic E-state index is 3.75. The molecule has 1 saturated carbocycles. The van der Waals surface area contributed by atoms with Crippen LogP contribution in [0.2, 0.25) is 0 Å². The molecule has 2 atom stereocenters. The van der Waals surface area contributed by atoms with E-state index in [0.29, 0.717) is 6.04 Å². The third-order valence-electron chi connectivity index (χ3n) is 4.19. The number of thiophene rings is 1. The molecule has 2 heterocycles. The first-order valence-corrected chi connectivity index (χ1v) is 8.60. The summed E-state index contributed by atoms with van der Waals surface area (Å²) in [5.74, 6) is 0.952. The Kier molecular flexibility index (Phi) is 4.09. The van der Waals surface area contributed by atoms with Crippen LogP contribution in [0, 0.1) is 5.92 Å². The van der Waals surface area contributed by atoms with Crippen molar-refractivity contribution < 1.29 is 0 Å². The summed E-state index contributed by atoms with van der Waals surface area (Å²) in [6, 6.07) is 3.70. The number of hydrogen-bond acceptors (Lipinski definition) is 3. The van der Waals surface area contributed by atoms with Crippen molar-refractivity contribution in [3.63, 3.8) is 0 Å². The van der Waals surface area contributed by atoms with Crippen molar-refractivity contribution in [3.8, 4) is 0 Å². The maximum Gasteiger partial charge on any atom is 0.0331 e. The summed E-state index contributed by atoms with van der Waals surface area (Å²) in [4.78, 5) is 4.14. The maximum absolute atomic E-state index is 3.75. The Bertz CT molecular complexity index is 402. The van der Waals surface area contributed by atoms with Crippen molar-refractivity contribution in [2.45, 2.75) is 44.8 Å². The molecule has 1 aromatic heterocycles. The minimum atomic E-state index is 0.696. The number of nitrogens with zero attached hydrogens (tertiary/aromatic N) is 1. The van der Waals surface area contributed by atoms with Gasteiger partial charge in [-0.15, -0.1) is 11.3 Å². The molecule has 0 aromatic carbocycles. The molecule has 4 heteroatoms. The van der Waals surface area contributed by atoms with Gasteiger partial charge in [-0.1, -0.05) is 0 Å². The molecule has 2 nitrogen and oxygen atoms in total. The zero-order valence-electron chi connectivity index (χ0n) is 10.9. The summed E-state index contributed by atoms with van der Waals surface area (Å²) in [7, 11) is 0. The summed E-state index contributed by atoms with van der Waals surface area (Å²) in [6.45, 7) is 5.90. The van der Waals surface area contributed by atoms with Gasteiger partial charge in [-0.05, 0) is 60.6 Å². The van der Waals surface area contributed by atoms with Crippen molar-refractivity contribution in [2.24, 2.45) is 5.92 Å². The van der Waals surface area contributed by atoms with Crippen LogP contribution in [0.3, 0.4) is 0 Å². The van der Waals surface area contributed by atoms with E-state index in [-0.39, 0.29) is 0 Å². The quantitative estimate of drug-likeness (QED) is 0.913. The highest BCUT2D eigenvalue weighted by molar-refractivity contribution is 9.10. The lowest BCUT2D eigenvalue weighted by atomic mass is 10.1. The molecule has 1 saturated heterocycles. The highest BCUT2D eigenvalue weighted by Crippen LogP contribution is 2.34. The number of nitrogens with one attached hydrogen (secondary N) is 1. The summed E-state index contributed by atoms with van der Waals surface area (Å²) in [5.41, 5.74) is 0. The Morgan fingerprint density at radius 1 is 1.44 bits per heavy atom. The third kappa shape index (κ3) is 3.16. The van der Waals surface area contributed by atoms with E-state index in [1.54, 1.807) is 0 Å². The monoisotopic (exact) mass is 328 g/mol. The van der Waals surface area contributed by atoms with E-state index in [1.165, 1.54) is 41.7 Å². The molecule has 1 N–H and O–H groups in total. The Morgan fingerprint density at radius 2 is 2.28 bits per heavy atom. The van der Waals surface area contributed by atoms with E-state index in [4.69, 9.17) is 0 Å². The van der Waals surface area contributed by atoms with Crippen LogP contribution in [-0.2, 0) is 6.54 Å². The molecule has 18 heavy (non-hydrogen) atoms. The van der Waals surface area contributed by atoms with E-state index < -0.39 is 0 Å². The molecule has 0 bridgehead atoms. The predicted molar refractivity (Wildman–Crippen MR) is 81.0 cm³/mol. The molecule has 3 rings (SSSR count). The molecular formula is C14H21BrN2S. The topological polar surface area (TPSA) is 15.3 Å². The summed E-state index contributed by atoms with van der Waals surface area (Å²) < 4.78 is 1.22. The highest BCUT2D eigenvalue weighted by atomic mass is 79.9. The molecule has 0 radical (unpaired) electrons. The smallest absolute Gasteiger partial charge is 0.0331 e. The molecule has 0 amide bonds. The first kappa shape index (κ1) is 13.1. The minimum absolute atomic E-state index is 0.696. The van der Waals surface area contributed by atoms with Gasteiger partial charge in [-0.25, -0.2) is 0 Å². The van der Waals surface area contributed by atoms with Gasteiger partial charge in [-0.3, -0.25) is 4.90 Å². The fraction of sp³-hybridized carbons (Fsp3) is 0.714. The Labute approximate surface area is 122 Å². The van der Waals surface area contributed by atoms with Gasteiger partial charge in [-0.2, -0.15) is 0 Å². The Hall–Kier alpha value is 0.1000. The van der Waals surface area contributed by atoms with Crippen LogP contribution in [0.15, 0.2) is 15.9 Å². The first-order valence-electron chi connectivity index (χ1n) is 6.92. The molecular weight excluding hydrogens is 308 g/mol. The van der Waals surface area contributed by atoms with Crippen molar-refractivity contribution in [1.82, 2.24) is 10.2 Å². The average molecular weight is 329 g/mol. The Morgan fingerprint density at radius 3 is 2.94 bits per heavy atom. The summed E-state index contributed by atoms with van der Waals surface area (Å²) in [5, 5.41) is 5.94. The van der Waals surface area contributed by atoms with Gasteiger partial charge in [0.15, 0.2) is 0 Å². The van der Waals surface area contributed by atoms with Gasteiger partial charge in [0.1, 0.15) is 0 Å². The van der Waals surface area contributed by atoms with E-state index in [1.807, 2.05) is 11.3 Å². The number of rotatable bonds is 3. The summed E-state index contributed by atoms with van der Waals surface area (Å²) >= 11 is 5.42. The third-order valence-corrected chi connectivity index (χ3v) is 5.88. The fourth-order valence-electron chi connectivity index (χ4n) is 2.83. The van der Waals surface area contributed by atoms with Crippen molar-refractivity contribution in [2.75, 3.05) is 13.1 Å². The van der Waals surface area contributed by atoms with Crippen LogP contribution in [0.4, 0.5) is 0 Å². The molecule has 2 aliphatic rings. The second-order valence-corrected chi connectivity index (χ2v) is 7.61. The van der Waals surface area contributed by atoms with Gasteiger partial charge in [0, 0.05) is 39.9 Å². The lowest BCUT2D eigenvalue weighted by molar-refractivity contribution is 0.192. The number of hydrogen-bond donors (Lipinski definition) is 1. The SMILES string of the molecule is CC1CCNC(C2CC2)CN1Cc1cc(Br)cs1. The van der Waals surface area contributed by atoms with Crippen LogP contribution in [0.25, 0.3) is 0 Å². The summed E-state index contributed by atoms with van der Waals surface area (Å²) in [6.07, 6.45) is 4.14. The minimum Gasteiger partial charge on any atom is -0.312 e. The zero-order valence-corrected chi connectivity index (χ0v) is 13.3. The lowest BCUT2D eigenvalue weighted by Crippen LogP contribution is -2.40. The van der Waals surface area contributed by atoms with Crippen LogP contribution in [0.1, 0.15) is 31.1 Å². The molecule has 100 valence electrons. The van der Waals surface area contributed by atoms with Crippen molar-refractivity contribution >= 4 is 27.3 Å². The van der Waals surface area contributed by atoms with E-state index >= 15 is 0 Å². The molecule has 2 unspecified atom stereocenters. The second kappa shape index (κ2) is 5.61. The fourth-order valence-corrected chi connectivity index (χ4v) is 4.30. The lowest BCUT2D eigenvalue weighted by Gasteiger charge is -2.28. The molecule has 1 aromatic rings. The van der Waals surface area contributed by atoms with E-state index in [9.17, 15) is 0 Å². The normalized spacial score (nSPS) is 30.3. The first-order chi connectivity index (χ1) is 8.72. The van der Waals surface area contributed by atoms with Crippen LogP contribution in [0.5, 0.6) is 0 Å². The number of halogens is 1. The Balaban J connectivity index is 1.66. The van der Waals surface area contributed by atoms with E-state index in [2.05, 4.69) is 44.5 Å². The van der Waals surface area contributed by atoms with Crippen LogP contribution < -0.4 is 5.32 Å². The van der Waals surface area contributed by atoms with Crippen molar-refractivity contribution in [3.05, 3.63) is 20.8 Å². The predicted octanol–water partition coefficient (Wildman–Crippen LogP) is 3.47. The zero-order chi connectivity index (χ0) is 12.5. The average Bonchev–Trinajstić information content (AvgIpc) is 3.11. The van der Waals surface area contributed by atoms with Gasteiger partial charge in [0.2, 0.25) is 0 Å². The van der Waals surface area contributed by atoms with Gasteiger partial charge in [0.05, 0.1) is 0 Å². The molecule has 2 fully saturated rings. The van der Waals surface area contributed by atoms with Gasteiger partial charge in [0.25, 0.3) is 0 Å². The largest absolute Gasteiger partial charge is 0.312 e. The van der Waals surface area contributed by atoms with E-state index in [0.717, 1.165) is 18.5 Å². The molecule has 1 aliphatic carbocycles. The van der Waals surface area contributed by atoms with Crippen LogP contribution >= 0.6 is 27.3 Å². The molecule has 1 aliphatic heterocycles.